The molecule has 3 heterocycles. The van der Waals surface area contributed by atoms with Crippen molar-refractivity contribution in [3.8, 4) is 11.1 Å². The third-order valence-corrected chi connectivity index (χ3v) is 5.48. The fourth-order valence-electron chi connectivity index (χ4n) is 3.83. The van der Waals surface area contributed by atoms with Crippen LogP contribution in [0.1, 0.15) is 11.3 Å². The minimum Gasteiger partial charge on any atom is -0.442 e. The Morgan fingerprint density at radius 1 is 1.09 bits per heavy atom. The summed E-state index contributed by atoms with van der Waals surface area (Å²) >= 11 is 0. The van der Waals surface area contributed by atoms with Gasteiger partial charge < -0.3 is 9.84 Å². The summed E-state index contributed by atoms with van der Waals surface area (Å²) in [6, 6.07) is 15.9. The van der Waals surface area contributed by atoms with Gasteiger partial charge in [-0.1, -0.05) is 41.6 Å². The predicted octanol–water partition coefficient (Wildman–Crippen LogP) is 2.52. The number of aryl methyl sites for hydroxylation is 1. The van der Waals surface area contributed by atoms with E-state index in [0.717, 1.165) is 33.8 Å². The Kier molecular flexibility index (Phi) is 5.34. The second-order valence-electron chi connectivity index (χ2n) is 7.84. The summed E-state index contributed by atoms with van der Waals surface area (Å²) in [7, 11) is 0. The lowest BCUT2D eigenvalue weighted by Crippen LogP contribution is -2.26. The maximum absolute atomic E-state index is 12.4. The Hall–Kier alpha value is -3.69. The number of ether oxygens (including phenoxy) is 1. The van der Waals surface area contributed by atoms with E-state index in [2.05, 4.69) is 15.8 Å². The number of rotatable bonds is 6. The number of cyclic esters (lactones) is 1. The summed E-state index contributed by atoms with van der Waals surface area (Å²) in [5.41, 5.74) is 8.38. The molecule has 1 unspecified atom stereocenters. The molecule has 2 aliphatic heterocycles. The number of amides is 1. The van der Waals surface area contributed by atoms with Gasteiger partial charge in [-0.2, -0.15) is 0 Å². The molecule has 9 heteroatoms. The Labute approximate surface area is 184 Å². The summed E-state index contributed by atoms with van der Waals surface area (Å²) in [5.74, 6) is 0. The molecule has 0 saturated carbocycles. The lowest BCUT2D eigenvalue weighted by Gasteiger charge is -2.14. The molecule has 0 spiro atoms. The first-order valence-corrected chi connectivity index (χ1v) is 10.4. The molecule has 1 fully saturated rings. The molecule has 1 amide bonds. The Balaban J connectivity index is 1.25. The number of aliphatic hydroxyl groups excluding tert-OH is 1. The maximum Gasteiger partial charge on any atom is 0.414 e. The van der Waals surface area contributed by atoms with Gasteiger partial charge in [0.05, 0.1) is 31.1 Å². The number of carbonyl (C=O) groups excluding carboxylic acids is 1. The van der Waals surface area contributed by atoms with Gasteiger partial charge in [0.25, 0.3) is 0 Å². The number of aliphatic hydroxyl groups is 1. The van der Waals surface area contributed by atoms with Crippen molar-refractivity contribution < 1.29 is 19.5 Å². The minimum atomic E-state index is -0.357. The molecule has 164 valence electrons. The number of nitrogens with one attached hydrogen (secondary N) is 1. The highest BCUT2D eigenvalue weighted by molar-refractivity contribution is 5.90. The van der Waals surface area contributed by atoms with Crippen LogP contribution in [-0.2, 0) is 16.1 Å². The zero-order chi connectivity index (χ0) is 22.1. The average molecular weight is 433 g/mol. The Morgan fingerprint density at radius 3 is 2.41 bits per heavy atom. The molecule has 3 aromatic rings. The highest BCUT2D eigenvalue weighted by atomic mass is 16.7. The number of carbonyl (C=O) groups is 1. The van der Waals surface area contributed by atoms with Crippen molar-refractivity contribution in [3.63, 3.8) is 0 Å². The van der Waals surface area contributed by atoms with Gasteiger partial charge in [0.15, 0.2) is 0 Å². The summed E-state index contributed by atoms with van der Waals surface area (Å²) in [5, 5.41) is 17.2. The van der Waals surface area contributed by atoms with Gasteiger partial charge in [-0.3, -0.25) is 15.2 Å². The van der Waals surface area contributed by atoms with Crippen molar-refractivity contribution in [3.05, 3.63) is 72.1 Å². The van der Waals surface area contributed by atoms with E-state index in [1.54, 1.807) is 9.58 Å². The summed E-state index contributed by atoms with van der Waals surface area (Å²) < 4.78 is 7.19. The molecule has 5 rings (SSSR count). The maximum atomic E-state index is 12.4. The van der Waals surface area contributed by atoms with E-state index in [0.29, 0.717) is 13.1 Å². The minimum absolute atomic E-state index is 0.0631. The summed E-state index contributed by atoms with van der Waals surface area (Å²) in [6.07, 6.45) is 2.73. The van der Waals surface area contributed by atoms with Crippen molar-refractivity contribution in [2.75, 3.05) is 18.1 Å². The van der Waals surface area contributed by atoms with Gasteiger partial charge in [0.1, 0.15) is 12.2 Å². The summed E-state index contributed by atoms with van der Waals surface area (Å²) in [6.45, 7) is 2.75. The highest BCUT2D eigenvalue weighted by Gasteiger charge is 2.32. The third kappa shape index (κ3) is 4.08. The first-order chi connectivity index (χ1) is 15.6. The van der Waals surface area contributed by atoms with E-state index < -0.39 is 0 Å². The smallest absolute Gasteiger partial charge is 0.414 e. The van der Waals surface area contributed by atoms with Crippen molar-refractivity contribution in [1.29, 1.82) is 0 Å². The van der Waals surface area contributed by atoms with Gasteiger partial charge in [0, 0.05) is 11.9 Å². The molecule has 2 N–H and O–H groups in total. The van der Waals surface area contributed by atoms with Crippen LogP contribution < -0.4 is 10.4 Å². The van der Waals surface area contributed by atoms with Gasteiger partial charge in [-0.05, 0) is 41.8 Å². The van der Waals surface area contributed by atoms with E-state index in [1.807, 2.05) is 67.7 Å². The van der Waals surface area contributed by atoms with E-state index in [1.165, 1.54) is 0 Å². The number of aromatic nitrogens is 3. The molecule has 2 atom stereocenters. The van der Waals surface area contributed by atoms with Crippen LogP contribution in [-0.4, -0.2) is 51.6 Å². The largest absolute Gasteiger partial charge is 0.442 e. The Morgan fingerprint density at radius 2 is 1.78 bits per heavy atom. The number of anilines is 1. The van der Waals surface area contributed by atoms with Crippen molar-refractivity contribution in [2.45, 2.75) is 25.7 Å². The van der Waals surface area contributed by atoms with Crippen LogP contribution in [0.3, 0.4) is 0 Å². The molecule has 1 aromatic heterocycles. The molecular weight excluding hydrogens is 410 g/mol. The van der Waals surface area contributed by atoms with Crippen LogP contribution in [0.4, 0.5) is 10.5 Å². The fraction of sp³-hybridized carbons (Fsp3) is 0.261. The van der Waals surface area contributed by atoms with Crippen molar-refractivity contribution in [1.82, 2.24) is 20.5 Å². The monoisotopic (exact) mass is 433 g/mol. The molecule has 1 saturated heterocycles. The quantitative estimate of drug-likeness (QED) is 0.616. The number of hydroxylamine groups is 1. The van der Waals surface area contributed by atoms with E-state index in [9.17, 15) is 9.90 Å². The third-order valence-electron chi connectivity index (χ3n) is 5.48. The second kappa shape index (κ2) is 8.45. The number of hydrogen-bond acceptors (Lipinski definition) is 7. The van der Waals surface area contributed by atoms with Crippen LogP contribution >= 0.6 is 0 Å². The first kappa shape index (κ1) is 20.2. The fourth-order valence-corrected chi connectivity index (χ4v) is 3.83. The first-order valence-electron chi connectivity index (χ1n) is 10.4. The van der Waals surface area contributed by atoms with Gasteiger partial charge in [-0.25, -0.2) is 9.48 Å². The average Bonchev–Trinajstić information content (AvgIpc) is 3.54. The predicted molar refractivity (Wildman–Crippen MR) is 117 cm³/mol. The van der Waals surface area contributed by atoms with Crippen LogP contribution in [0.15, 0.2) is 60.8 Å². The molecule has 9 nitrogen and oxygen atoms in total. The molecule has 0 bridgehead atoms. The second-order valence-corrected chi connectivity index (χ2v) is 7.84. The van der Waals surface area contributed by atoms with E-state index in [4.69, 9.17) is 9.57 Å². The molecule has 0 radical (unpaired) electrons. The van der Waals surface area contributed by atoms with Crippen LogP contribution in [0, 0.1) is 6.92 Å². The topological polar surface area (TPSA) is 102 Å². The van der Waals surface area contributed by atoms with Crippen LogP contribution in [0.5, 0.6) is 0 Å². The van der Waals surface area contributed by atoms with Gasteiger partial charge in [0.2, 0.25) is 0 Å². The van der Waals surface area contributed by atoms with Crippen LogP contribution in [0.25, 0.3) is 16.8 Å². The zero-order valence-electron chi connectivity index (χ0n) is 17.5. The SMILES string of the molecule is Cc1cn(C[C@H]2CN(c3ccc(-c4ccc(C5=CC(CO)ON5)cc4)cc3)C(=O)O2)nn1. The zero-order valence-corrected chi connectivity index (χ0v) is 17.5. The highest BCUT2D eigenvalue weighted by Crippen LogP contribution is 2.28. The van der Waals surface area contributed by atoms with Crippen LogP contribution in [0.2, 0.25) is 0 Å². The number of nitrogens with zero attached hydrogens (tertiary/aromatic N) is 4. The summed E-state index contributed by atoms with van der Waals surface area (Å²) in [4.78, 5) is 19.3. The van der Waals surface area contributed by atoms with Crippen molar-refractivity contribution in [2.24, 2.45) is 0 Å². The molecular formula is C23H23N5O4. The lowest BCUT2D eigenvalue weighted by atomic mass is 10.0. The number of hydrogen-bond donors (Lipinski definition) is 2. The molecule has 32 heavy (non-hydrogen) atoms. The number of benzene rings is 2. The molecule has 0 aliphatic carbocycles. The van der Waals surface area contributed by atoms with E-state index in [-0.39, 0.29) is 24.9 Å². The van der Waals surface area contributed by atoms with Gasteiger partial charge >= 0.3 is 6.09 Å². The standard InChI is InChI=1S/C23H23N5O4/c1-15-11-27(26-24-15)12-21-13-28(23(30)31-21)19-8-6-17(7-9-19)16-2-4-18(5-3-16)22-10-20(14-29)32-25-22/h2-11,20-21,25,29H,12-14H2,1H3/t20?,21-/m0/s1. The lowest BCUT2D eigenvalue weighted by molar-refractivity contribution is 0.0173. The normalized spacial score (nSPS) is 20.2. The molecule has 2 aliphatic rings. The molecule has 2 aromatic carbocycles. The van der Waals surface area contributed by atoms with E-state index >= 15 is 0 Å². The van der Waals surface area contributed by atoms with Crippen molar-refractivity contribution >= 4 is 17.5 Å². The van der Waals surface area contributed by atoms with Gasteiger partial charge in [-0.15, -0.1) is 5.10 Å². The Bertz CT molecular complexity index is 1140.